The van der Waals surface area contributed by atoms with Gasteiger partial charge in [0.1, 0.15) is 4.83 Å². The lowest BCUT2D eigenvalue weighted by Gasteiger charge is -2.09. The van der Waals surface area contributed by atoms with E-state index in [1.807, 2.05) is 54.8 Å². The third-order valence-corrected chi connectivity index (χ3v) is 5.82. The van der Waals surface area contributed by atoms with Crippen molar-refractivity contribution < 1.29 is 0 Å². The van der Waals surface area contributed by atoms with Crippen molar-refractivity contribution >= 4 is 39.1 Å². The van der Waals surface area contributed by atoms with Crippen LogP contribution < -0.4 is 5.56 Å². The van der Waals surface area contributed by atoms with Crippen LogP contribution in [0.3, 0.4) is 0 Å². The topological polar surface area (TPSA) is 52.2 Å². The van der Waals surface area contributed by atoms with Crippen LogP contribution in [-0.4, -0.2) is 25.4 Å². The highest BCUT2D eigenvalue weighted by Crippen LogP contribution is 2.31. The molecule has 5 nitrogen and oxygen atoms in total. The van der Waals surface area contributed by atoms with Crippen LogP contribution in [0, 0.1) is 13.8 Å². The fraction of sp³-hybridized carbons (Fsp3) is 0.188. The Morgan fingerprint density at radius 2 is 1.87 bits per heavy atom. The minimum absolute atomic E-state index is 0.0411. The highest BCUT2D eigenvalue weighted by atomic mass is 32.2. The first-order valence-corrected chi connectivity index (χ1v) is 9.17. The minimum atomic E-state index is -0.0411. The molecule has 4 aromatic rings. The molecule has 23 heavy (non-hydrogen) atoms. The second-order valence-electron chi connectivity index (χ2n) is 5.26. The maximum atomic E-state index is 13.2. The molecule has 0 spiro atoms. The molecule has 116 valence electrons. The Hall–Kier alpha value is -2.12. The Bertz CT molecular complexity index is 1090. The van der Waals surface area contributed by atoms with E-state index >= 15 is 0 Å². The average Bonchev–Trinajstić information content (AvgIpc) is 3.10. The summed E-state index contributed by atoms with van der Waals surface area (Å²) in [5, 5.41) is 10.1. The fourth-order valence-electron chi connectivity index (χ4n) is 2.75. The van der Waals surface area contributed by atoms with Crippen molar-refractivity contribution in [2.75, 3.05) is 6.26 Å². The molecule has 0 unspecified atom stereocenters. The summed E-state index contributed by atoms with van der Waals surface area (Å²) in [5.41, 5.74) is 1.79. The van der Waals surface area contributed by atoms with Crippen LogP contribution in [-0.2, 0) is 0 Å². The van der Waals surface area contributed by atoms with Crippen LogP contribution in [0.4, 0.5) is 0 Å². The van der Waals surface area contributed by atoms with E-state index in [4.69, 9.17) is 0 Å². The van der Waals surface area contributed by atoms with Crippen LogP contribution in [0.25, 0.3) is 21.7 Å². The van der Waals surface area contributed by atoms with E-state index in [-0.39, 0.29) is 5.56 Å². The monoisotopic (exact) mass is 342 g/mol. The molecule has 0 amide bonds. The van der Waals surface area contributed by atoms with Gasteiger partial charge >= 0.3 is 0 Å². The van der Waals surface area contributed by atoms with E-state index in [2.05, 4.69) is 10.2 Å². The van der Waals surface area contributed by atoms with Crippen molar-refractivity contribution in [2.24, 2.45) is 0 Å². The number of hydrogen-bond donors (Lipinski definition) is 0. The van der Waals surface area contributed by atoms with Gasteiger partial charge in [0, 0.05) is 4.88 Å². The number of para-hydroxylation sites is 1. The van der Waals surface area contributed by atoms with Gasteiger partial charge < -0.3 is 0 Å². The summed E-state index contributed by atoms with van der Waals surface area (Å²) < 4.78 is 3.63. The number of benzene rings is 1. The minimum Gasteiger partial charge on any atom is -0.268 e. The molecule has 0 N–H and O–H groups in total. The molecule has 0 aliphatic rings. The number of nitrogens with zero attached hydrogens (tertiary/aromatic N) is 4. The molecular formula is C16H14N4OS2. The lowest BCUT2D eigenvalue weighted by molar-refractivity contribution is 0.938. The van der Waals surface area contributed by atoms with Crippen LogP contribution >= 0.6 is 23.1 Å². The molecule has 1 aromatic carbocycles. The molecule has 0 aliphatic carbocycles. The predicted octanol–water partition coefficient (Wildman–Crippen LogP) is 3.43. The lowest BCUT2D eigenvalue weighted by Crippen LogP contribution is -2.21. The smallest absolute Gasteiger partial charge is 0.268 e. The standard InChI is InChI=1S/C16H14N4OS2/c1-9-10(2)23-14-12(9)13(21)19(11-7-5-4-6-8-11)15-17-18-16(22-3)20(14)15/h4-8H,1-3H3. The average molecular weight is 342 g/mol. The molecule has 0 fully saturated rings. The Morgan fingerprint density at radius 1 is 1.13 bits per heavy atom. The predicted molar refractivity (Wildman–Crippen MR) is 95.2 cm³/mol. The molecule has 4 rings (SSSR count). The number of aromatic nitrogens is 4. The SMILES string of the molecule is CSc1nnc2n(-c3ccccc3)c(=O)c3c(C)c(C)sc3n12. The molecule has 0 atom stereocenters. The number of hydrogen-bond acceptors (Lipinski definition) is 5. The summed E-state index contributed by atoms with van der Waals surface area (Å²) >= 11 is 3.14. The molecule has 0 aliphatic heterocycles. The van der Waals surface area contributed by atoms with Crippen molar-refractivity contribution in [3.05, 3.63) is 51.1 Å². The van der Waals surface area contributed by atoms with E-state index in [1.54, 1.807) is 15.9 Å². The van der Waals surface area contributed by atoms with E-state index in [9.17, 15) is 4.79 Å². The number of rotatable bonds is 2. The van der Waals surface area contributed by atoms with Gasteiger partial charge in [0.15, 0.2) is 5.16 Å². The highest BCUT2D eigenvalue weighted by Gasteiger charge is 2.21. The molecule has 3 aromatic heterocycles. The van der Waals surface area contributed by atoms with Gasteiger partial charge in [0.05, 0.1) is 11.1 Å². The molecular weight excluding hydrogens is 328 g/mol. The second kappa shape index (κ2) is 5.21. The van der Waals surface area contributed by atoms with Crippen LogP contribution in [0.15, 0.2) is 40.3 Å². The maximum absolute atomic E-state index is 13.2. The quantitative estimate of drug-likeness (QED) is 0.524. The highest BCUT2D eigenvalue weighted by molar-refractivity contribution is 7.98. The zero-order valence-electron chi connectivity index (χ0n) is 12.9. The van der Waals surface area contributed by atoms with E-state index in [1.165, 1.54) is 11.8 Å². The molecule has 0 radical (unpaired) electrons. The summed E-state index contributed by atoms with van der Waals surface area (Å²) in [5.74, 6) is 0.555. The molecule has 0 saturated carbocycles. The van der Waals surface area contributed by atoms with Gasteiger partial charge in [-0.15, -0.1) is 21.5 Å². The van der Waals surface area contributed by atoms with Gasteiger partial charge in [-0.25, -0.2) is 8.97 Å². The van der Waals surface area contributed by atoms with Crippen LogP contribution in [0.1, 0.15) is 10.4 Å². The van der Waals surface area contributed by atoms with Gasteiger partial charge in [-0.1, -0.05) is 30.0 Å². The molecule has 0 bridgehead atoms. The summed E-state index contributed by atoms with van der Waals surface area (Å²) in [6.45, 7) is 4.04. The van der Waals surface area contributed by atoms with E-state index in [0.29, 0.717) is 5.78 Å². The fourth-order valence-corrected chi connectivity index (χ4v) is 4.43. The van der Waals surface area contributed by atoms with Gasteiger partial charge in [-0.05, 0) is 37.8 Å². The summed E-state index contributed by atoms with van der Waals surface area (Å²) in [4.78, 5) is 15.2. The Balaban J connectivity index is 2.30. The van der Waals surface area contributed by atoms with Gasteiger partial charge in [0.25, 0.3) is 5.56 Å². The van der Waals surface area contributed by atoms with Crippen molar-refractivity contribution in [1.82, 2.24) is 19.2 Å². The summed E-state index contributed by atoms with van der Waals surface area (Å²) in [7, 11) is 0. The Labute approximate surface area is 140 Å². The number of aryl methyl sites for hydroxylation is 2. The largest absolute Gasteiger partial charge is 0.268 e. The van der Waals surface area contributed by atoms with Gasteiger partial charge in [0.2, 0.25) is 5.78 Å². The number of thioether (sulfide) groups is 1. The maximum Gasteiger partial charge on any atom is 0.268 e. The van der Waals surface area contributed by atoms with E-state index < -0.39 is 0 Å². The van der Waals surface area contributed by atoms with Gasteiger partial charge in [-0.3, -0.25) is 4.79 Å². The number of thiophene rings is 1. The van der Waals surface area contributed by atoms with Crippen molar-refractivity contribution in [2.45, 2.75) is 19.0 Å². The molecule has 0 saturated heterocycles. The third kappa shape index (κ3) is 1.96. The van der Waals surface area contributed by atoms with Crippen molar-refractivity contribution in [3.63, 3.8) is 0 Å². The lowest BCUT2D eigenvalue weighted by atomic mass is 10.2. The molecule has 3 heterocycles. The first-order chi connectivity index (χ1) is 11.1. The van der Waals surface area contributed by atoms with Crippen molar-refractivity contribution in [3.8, 4) is 5.69 Å². The van der Waals surface area contributed by atoms with Crippen LogP contribution in [0.2, 0.25) is 0 Å². The van der Waals surface area contributed by atoms with Crippen LogP contribution in [0.5, 0.6) is 0 Å². The van der Waals surface area contributed by atoms with Gasteiger partial charge in [-0.2, -0.15) is 0 Å². The Kier molecular flexibility index (Phi) is 3.28. The van der Waals surface area contributed by atoms with Crippen molar-refractivity contribution in [1.29, 1.82) is 0 Å². The number of fused-ring (bicyclic) bond motifs is 3. The zero-order chi connectivity index (χ0) is 16.1. The normalized spacial score (nSPS) is 11.6. The summed E-state index contributed by atoms with van der Waals surface area (Å²) in [6.07, 6.45) is 1.97. The third-order valence-electron chi connectivity index (χ3n) is 4.00. The van der Waals surface area contributed by atoms with E-state index in [0.717, 1.165) is 31.5 Å². The molecule has 7 heteroatoms. The first-order valence-electron chi connectivity index (χ1n) is 7.12. The first kappa shape index (κ1) is 14.5. The zero-order valence-corrected chi connectivity index (χ0v) is 14.5. The summed E-state index contributed by atoms with van der Waals surface area (Å²) in [6, 6.07) is 9.59. The second-order valence-corrected chi connectivity index (χ2v) is 7.24. The Morgan fingerprint density at radius 3 is 2.57 bits per heavy atom.